The number of unbranched alkanes of at least 4 members (excludes halogenated alkanes) is 14. The highest BCUT2D eigenvalue weighted by molar-refractivity contribution is 5.72. The van der Waals surface area contributed by atoms with E-state index >= 15 is 0 Å². The van der Waals surface area contributed by atoms with E-state index in [9.17, 15) is 4.79 Å². The van der Waals surface area contributed by atoms with Gasteiger partial charge in [0.2, 0.25) is 0 Å². The SMILES string of the molecule is [2H]C([2H])([2H])OC(=O)C(CCCCCCCC)CCCCCCCCCCCC. The van der Waals surface area contributed by atoms with Gasteiger partial charge in [0.25, 0.3) is 0 Å². The summed E-state index contributed by atoms with van der Waals surface area (Å²) in [7, 11) is -2.62. The number of rotatable bonds is 19. The highest BCUT2D eigenvalue weighted by Gasteiger charge is 2.17. The number of methoxy groups -OCH3 is 1. The molecule has 0 fully saturated rings. The van der Waals surface area contributed by atoms with Crippen molar-refractivity contribution in [3.8, 4) is 0 Å². The van der Waals surface area contributed by atoms with Crippen LogP contribution in [-0.2, 0) is 9.53 Å². The van der Waals surface area contributed by atoms with Gasteiger partial charge in [0.1, 0.15) is 0 Å². The molecule has 0 heterocycles. The third-order valence-corrected chi connectivity index (χ3v) is 5.25. The van der Waals surface area contributed by atoms with Gasteiger partial charge in [-0.1, -0.05) is 117 Å². The Morgan fingerprint density at radius 3 is 1.40 bits per heavy atom. The minimum atomic E-state index is -2.62. The normalized spacial score (nSPS) is 14.6. The molecule has 0 N–H and O–H groups in total. The van der Waals surface area contributed by atoms with Gasteiger partial charge in [-0.2, -0.15) is 0 Å². The maximum atomic E-state index is 12.2. The van der Waals surface area contributed by atoms with E-state index in [0.29, 0.717) is 0 Å². The second-order valence-corrected chi connectivity index (χ2v) is 7.65. The molecule has 0 amide bonds. The molecule has 0 aromatic heterocycles. The first-order valence-electron chi connectivity index (χ1n) is 12.6. The number of hydrogen-bond donors (Lipinski definition) is 0. The van der Waals surface area contributed by atoms with E-state index in [-0.39, 0.29) is 5.92 Å². The molecular weight excluding hydrogens is 308 g/mol. The summed E-state index contributed by atoms with van der Waals surface area (Å²) in [5.41, 5.74) is 0. The van der Waals surface area contributed by atoms with Crippen LogP contribution < -0.4 is 0 Å². The van der Waals surface area contributed by atoms with Crippen molar-refractivity contribution < 1.29 is 13.6 Å². The minimum Gasteiger partial charge on any atom is -0.469 e. The summed E-state index contributed by atoms with van der Waals surface area (Å²) in [6.07, 6.45) is 21.2. The molecule has 0 rings (SSSR count). The van der Waals surface area contributed by atoms with Crippen molar-refractivity contribution in [3.63, 3.8) is 0 Å². The van der Waals surface area contributed by atoms with Crippen molar-refractivity contribution in [1.82, 2.24) is 0 Å². The summed E-state index contributed by atoms with van der Waals surface area (Å²) in [5, 5.41) is 0. The molecular formula is C23H46O2. The monoisotopic (exact) mass is 357 g/mol. The Morgan fingerprint density at radius 1 is 0.680 bits per heavy atom. The smallest absolute Gasteiger partial charge is 0.308 e. The molecule has 0 aromatic rings. The third kappa shape index (κ3) is 16.7. The van der Waals surface area contributed by atoms with Gasteiger partial charge in [-0.15, -0.1) is 0 Å². The predicted octanol–water partition coefficient (Wildman–Crippen LogP) is 7.84. The molecule has 0 aliphatic heterocycles. The molecule has 150 valence electrons. The van der Waals surface area contributed by atoms with Gasteiger partial charge in [0.15, 0.2) is 0 Å². The molecule has 0 saturated carbocycles. The summed E-state index contributed by atoms with van der Waals surface area (Å²) in [4.78, 5) is 12.2. The van der Waals surface area contributed by atoms with E-state index in [1.54, 1.807) is 0 Å². The molecule has 0 aliphatic carbocycles. The van der Waals surface area contributed by atoms with Gasteiger partial charge in [-0.3, -0.25) is 4.79 Å². The quantitative estimate of drug-likeness (QED) is 0.174. The molecule has 1 atom stereocenters. The van der Waals surface area contributed by atoms with E-state index in [1.807, 2.05) is 0 Å². The Bertz CT molecular complexity index is 356. The third-order valence-electron chi connectivity index (χ3n) is 5.25. The molecule has 0 spiro atoms. The predicted molar refractivity (Wildman–Crippen MR) is 110 cm³/mol. The van der Waals surface area contributed by atoms with Crippen LogP contribution in [0.4, 0.5) is 0 Å². The second-order valence-electron chi connectivity index (χ2n) is 7.65. The topological polar surface area (TPSA) is 26.3 Å². The van der Waals surface area contributed by atoms with Crippen LogP contribution >= 0.6 is 0 Å². The van der Waals surface area contributed by atoms with E-state index in [4.69, 9.17) is 8.85 Å². The molecule has 2 heteroatoms. The van der Waals surface area contributed by atoms with Gasteiger partial charge in [0, 0.05) is 0 Å². The Labute approximate surface area is 162 Å². The first-order valence-corrected chi connectivity index (χ1v) is 11.1. The van der Waals surface area contributed by atoms with Crippen LogP contribution in [0.15, 0.2) is 0 Å². The number of hydrogen-bond acceptors (Lipinski definition) is 2. The fraction of sp³-hybridized carbons (Fsp3) is 0.957. The van der Waals surface area contributed by atoms with Crippen molar-refractivity contribution in [1.29, 1.82) is 0 Å². The van der Waals surface area contributed by atoms with Crippen LogP contribution in [-0.4, -0.2) is 13.0 Å². The summed E-state index contributed by atoms with van der Waals surface area (Å²) in [5.74, 6) is -0.773. The maximum Gasteiger partial charge on any atom is 0.308 e. The van der Waals surface area contributed by atoms with Crippen molar-refractivity contribution >= 4 is 5.97 Å². The van der Waals surface area contributed by atoms with Crippen LogP contribution in [0.3, 0.4) is 0 Å². The fourth-order valence-corrected chi connectivity index (χ4v) is 3.51. The largest absolute Gasteiger partial charge is 0.469 e. The standard InChI is InChI=1S/C23H46O2/c1-4-6-8-10-12-13-14-15-17-19-21-22(23(24)25-3)20-18-16-11-9-7-5-2/h22H,4-21H2,1-3H3/i3D3. The molecule has 25 heavy (non-hydrogen) atoms. The van der Waals surface area contributed by atoms with Gasteiger partial charge >= 0.3 is 5.97 Å². The molecule has 1 unspecified atom stereocenters. The van der Waals surface area contributed by atoms with Crippen LogP contribution in [0.25, 0.3) is 0 Å². The van der Waals surface area contributed by atoms with E-state index < -0.39 is 13.0 Å². The number of carbonyl (C=O) groups is 1. The first kappa shape index (κ1) is 19.2. The summed E-state index contributed by atoms with van der Waals surface area (Å²) in [6.45, 7) is 4.45. The van der Waals surface area contributed by atoms with Crippen molar-refractivity contribution in [2.24, 2.45) is 5.92 Å². The first-order chi connectivity index (χ1) is 13.4. The van der Waals surface area contributed by atoms with Gasteiger partial charge in [-0.25, -0.2) is 0 Å². The van der Waals surface area contributed by atoms with E-state index in [0.717, 1.165) is 38.5 Å². The fourth-order valence-electron chi connectivity index (χ4n) is 3.51. The summed E-state index contributed by atoms with van der Waals surface area (Å²) < 4.78 is 26.3. The zero-order valence-electron chi connectivity index (χ0n) is 20.1. The van der Waals surface area contributed by atoms with Crippen molar-refractivity contribution in [3.05, 3.63) is 0 Å². The van der Waals surface area contributed by atoms with Crippen LogP contribution in [0.2, 0.25) is 0 Å². The van der Waals surface area contributed by atoms with Gasteiger partial charge in [0.05, 0.1) is 17.1 Å². The lowest BCUT2D eigenvalue weighted by Gasteiger charge is -2.14. The Hall–Kier alpha value is -0.530. The molecule has 0 saturated heterocycles. The van der Waals surface area contributed by atoms with Gasteiger partial charge in [-0.05, 0) is 12.8 Å². The Kier molecular flexibility index (Phi) is 15.2. The highest BCUT2D eigenvalue weighted by Crippen LogP contribution is 2.20. The van der Waals surface area contributed by atoms with Gasteiger partial charge < -0.3 is 4.74 Å². The lowest BCUT2D eigenvalue weighted by atomic mass is 9.94. The highest BCUT2D eigenvalue weighted by atomic mass is 16.5. The molecule has 0 bridgehead atoms. The summed E-state index contributed by atoms with van der Waals surface area (Å²) in [6, 6.07) is 0. The van der Waals surface area contributed by atoms with Crippen LogP contribution in [0.1, 0.15) is 134 Å². The molecule has 2 nitrogen and oxygen atoms in total. The van der Waals surface area contributed by atoms with Crippen LogP contribution in [0.5, 0.6) is 0 Å². The average Bonchev–Trinajstić information content (AvgIpc) is 2.62. The van der Waals surface area contributed by atoms with Crippen LogP contribution in [0, 0.1) is 5.92 Å². The lowest BCUT2D eigenvalue weighted by Crippen LogP contribution is -2.16. The Balaban J connectivity index is 3.98. The second kappa shape index (κ2) is 19.8. The van der Waals surface area contributed by atoms with E-state index in [2.05, 4.69) is 13.8 Å². The Morgan fingerprint density at radius 2 is 1.04 bits per heavy atom. The molecule has 0 radical (unpaired) electrons. The zero-order chi connectivity index (χ0) is 21.1. The summed E-state index contributed by atoms with van der Waals surface area (Å²) >= 11 is 0. The van der Waals surface area contributed by atoms with E-state index in [1.165, 1.54) is 77.0 Å². The maximum absolute atomic E-state index is 12.2. The average molecular weight is 358 g/mol. The number of esters is 1. The van der Waals surface area contributed by atoms with Crippen molar-refractivity contribution in [2.75, 3.05) is 7.04 Å². The van der Waals surface area contributed by atoms with Crippen molar-refractivity contribution in [2.45, 2.75) is 129 Å². The molecule has 0 aliphatic rings. The zero-order valence-corrected chi connectivity index (χ0v) is 17.1. The number of carbonyl (C=O) groups excluding carboxylic acids is 1. The minimum absolute atomic E-state index is 0.249. The lowest BCUT2D eigenvalue weighted by molar-refractivity contribution is -0.146. The molecule has 0 aromatic carbocycles. The number of ether oxygens (including phenoxy) is 1.